The Morgan fingerprint density at radius 1 is 1.13 bits per heavy atom. The molecule has 2 heterocycles. The van der Waals surface area contributed by atoms with Gasteiger partial charge in [0.05, 0.1) is 11.6 Å². The number of likely N-dealkylation sites (tertiary alicyclic amines) is 1. The van der Waals surface area contributed by atoms with E-state index >= 15 is 0 Å². The van der Waals surface area contributed by atoms with Gasteiger partial charge in [-0.2, -0.15) is 0 Å². The summed E-state index contributed by atoms with van der Waals surface area (Å²) in [6.07, 6.45) is 3.30. The fourth-order valence-electron chi connectivity index (χ4n) is 3.83. The molecule has 158 valence electrons. The van der Waals surface area contributed by atoms with Gasteiger partial charge in [0.15, 0.2) is 0 Å². The highest BCUT2D eigenvalue weighted by Gasteiger charge is 2.46. The molecule has 1 aliphatic rings. The molecule has 1 aliphatic heterocycles. The van der Waals surface area contributed by atoms with Crippen molar-refractivity contribution in [3.05, 3.63) is 70.6 Å². The maximum Gasteiger partial charge on any atom is 0.295 e. The van der Waals surface area contributed by atoms with E-state index in [9.17, 15) is 14.7 Å². The van der Waals surface area contributed by atoms with Crippen molar-refractivity contribution in [1.29, 1.82) is 0 Å². The molecule has 3 rings (SSSR count). The van der Waals surface area contributed by atoms with Gasteiger partial charge >= 0.3 is 0 Å². The summed E-state index contributed by atoms with van der Waals surface area (Å²) in [4.78, 5) is 33.9. The minimum atomic E-state index is -0.657. The first-order valence-electron chi connectivity index (χ1n) is 10.4. The molecular weight excluding hydrogens is 378 g/mol. The van der Waals surface area contributed by atoms with Crippen LogP contribution in [0.15, 0.2) is 48.3 Å². The van der Waals surface area contributed by atoms with Gasteiger partial charge in [-0.1, -0.05) is 32.0 Å². The number of aliphatic hydroxyl groups is 1. The van der Waals surface area contributed by atoms with Crippen LogP contribution in [0.3, 0.4) is 0 Å². The van der Waals surface area contributed by atoms with Crippen molar-refractivity contribution in [3.8, 4) is 0 Å². The fourth-order valence-corrected chi connectivity index (χ4v) is 3.83. The van der Waals surface area contributed by atoms with E-state index in [0.717, 1.165) is 24.2 Å². The van der Waals surface area contributed by atoms with Crippen LogP contribution in [0.2, 0.25) is 0 Å². The third-order valence-electron chi connectivity index (χ3n) is 5.87. The monoisotopic (exact) mass is 407 g/mol. The third kappa shape index (κ3) is 4.14. The number of carbonyl (C=O) groups excluding carboxylic acids is 2. The molecule has 0 aliphatic carbocycles. The lowest BCUT2D eigenvalue weighted by Gasteiger charge is -2.28. The summed E-state index contributed by atoms with van der Waals surface area (Å²) in [5, 5.41) is 11.1. The zero-order valence-electron chi connectivity index (χ0n) is 18.1. The maximum atomic E-state index is 13.0. The maximum absolute atomic E-state index is 13.0. The summed E-state index contributed by atoms with van der Waals surface area (Å²) in [7, 11) is 0. The van der Waals surface area contributed by atoms with Crippen LogP contribution in [0.5, 0.6) is 0 Å². The zero-order chi connectivity index (χ0) is 21.8. The molecule has 0 bridgehead atoms. The zero-order valence-corrected chi connectivity index (χ0v) is 18.1. The Balaban J connectivity index is 2.09. The van der Waals surface area contributed by atoms with Gasteiger partial charge in [0.2, 0.25) is 0 Å². The number of benzene rings is 1. The van der Waals surface area contributed by atoms with Gasteiger partial charge in [-0.3, -0.25) is 14.6 Å². The van der Waals surface area contributed by atoms with Crippen LogP contribution in [-0.4, -0.2) is 57.8 Å². The lowest BCUT2D eigenvalue weighted by atomic mass is 9.95. The second-order valence-corrected chi connectivity index (χ2v) is 7.60. The molecule has 6 heteroatoms. The predicted molar refractivity (Wildman–Crippen MR) is 117 cm³/mol. The first-order chi connectivity index (χ1) is 14.4. The molecule has 30 heavy (non-hydrogen) atoms. The van der Waals surface area contributed by atoms with Gasteiger partial charge < -0.3 is 14.9 Å². The van der Waals surface area contributed by atoms with Crippen LogP contribution < -0.4 is 0 Å². The number of carbonyl (C=O) groups is 2. The molecule has 2 aromatic rings. The summed E-state index contributed by atoms with van der Waals surface area (Å²) in [6.45, 7) is 10.8. The van der Waals surface area contributed by atoms with Crippen molar-refractivity contribution >= 4 is 17.4 Å². The standard InChI is InChI=1S/C24H29N3O3/c1-5-26(6-2)12-13-27-21(19-8-7-11-25-15-19)20(23(29)24(27)30)22(28)18-10-9-16(3)17(4)14-18/h7-11,14-15,21,28H,5-6,12-13H2,1-4H3/b22-20-. The van der Waals surface area contributed by atoms with Crippen LogP contribution in [-0.2, 0) is 9.59 Å². The number of amides is 1. The van der Waals surface area contributed by atoms with E-state index in [1.165, 1.54) is 0 Å². The van der Waals surface area contributed by atoms with Crippen molar-refractivity contribution in [1.82, 2.24) is 14.8 Å². The van der Waals surface area contributed by atoms with E-state index < -0.39 is 17.7 Å². The average molecular weight is 408 g/mol. The van der Waals surface area contributed by atoms with Crippen LogP contribution in [0.25, 0.3) is 5.76 Å². The number of aromatic nitrogens is 1. The quantitative estimate of drug-likeness (QED) is 0.432. The van der Waals surface area contributed by atoms with E-state index in [1.807, 2.05) is 32.0 Å². The number of likely N-dealkylation sites (N-methyl/N-ethyl adjacent to an activating group) is 1. The summed E-state index contributed by atoms with van der Waals surface area (Å²) in [6, 6.07) is 8.48. The fraction of sp³-hybridized carbons (Fsp3) is 0.375. The van der Waals surface area contributed by atoms with E-state index in [-0.39, 0.29) is 11.3 Å². The minimum Gasteiger partial charge on any atom is -0.507 e. The number of rotatable bonds is 7. The lowest BCUT2D eigenvalue weighted by molar-refractivity contribution is -0.140. The Hall–Kier alpha value is -2.99. The molecule has 1 fully saturated rings. The van der Waals surface area contributed by atoms with E-state index in [2.05, 4.69) is 23.7 Å². The molecule has 1 saturated heterocycles. The summed E-state index contributed by atoms with van der Waals surface area (Å²) >= 11 is 0. The Kier molecular flexibility index (Phi) is 6.67. The molecule has 0 spiro atoms. The van der Waals surface area contributed by atoms with Gasteiger partial charge in [0, 0.05) is 31.0 Å². The number of ketones is 1. The highest BCUT2D eigenvalue weighted by Crippen LogP contribution is 2.39. The molecule has 0 saturated carbocycles. The van der Waals surface area contributed by atoms with Crippen molar-refractivity contribution < 1.29 is 14.7 Å². The third-order valence-corrected chi connectivity index (χ3v) is 5.87. The van der Waals surface area contributed by atoms with E-state index in [4.69, 9.17) is 0 Å². The van der Waals surface area contributed by atoms with Crippen molar-refractivity contribution in [3.63, 3.8) is 0 Å². The smallest absolute Gasteiger partial charge is 0.295 e. The molecule has 1 amide bonds. The number of hydrogen-bond acceptors (Lipinski definition) is 5. The van der Waals surface area contributed by atoms with E-state index in [0.29, 0.717) is 24.2 Å². The topological polar surface area (TPSA) is 73.7 Å². The highest BCUT2D eigenvalue weighted by molar-refractivity contribution is 6.46. The largest absolute Gasteiger partial charge is 0.507 e. The van der Waals surface area contributed by atoms with Crippen molar-refractivity contribution in [2.75, 3.05) is 26.2 Å². The molecule has 0 radical (unpaired) electrons. The first-order valence-corrected chi connectivity index (χ1v) is 10.4. The molecule has 6 nitrogen and oxygen atoms in total. The molecule has 1 aromatic carbocycles. The summed E-state index contributed by atoms with van der Waals surface area (Å²) < 4.78 is 0. The minimum absolute atomic E-state index is 0.121. The Bertz CT molecular complexity index is 965. The number of pyridine rings is 1. The number of hydrogen-bond donors (Lipinski definition) is 1. The number of Topliss-reactive ketones (excluding diaryl/α,β-unsaturated/α-hetero) is 1. The van der Waals surface area contributed by atoms with Crippen molar-refractivity contribution in [2.24, 2.45) is 0 Å². The van der Waals surface area contributed by atoms with E-state index in [1.54, 1.807) is 29.4 Å². The van der Waals surface area contributed by atoms with Gasteiger partial charge in [-0.05, 0) is 55.8 Å². The van der Waals surface area contributed by atoms with Crippen LogP contribution in [0.4, 0.5) is 0 Å². The average Bonchev–Trinajstić information content (AvgIpc) is 3.01. The van der Waals surface area contributed by atoms with Crippen LogP contribution >= 0.6 is 0 Å². The highest BCUT2D eigenvalue weighted by atomic mass is 16.3. The SMILES string of the molecule is CCN(CC)CCN1C(=O)C(=O)/C(=C(\O)c2ccc(C)c(C)c2)C1c1cccnc1. The summed E-state index contributed by atoms with van der Waals surface area (Å²) in [5.41, 5.74) is 3.47. The van der Waals surface area contributed by atoms with Crippen LogP contribution in [0.1, 0.15) is 42.1 Å². The Morgan fingerprint density at radius 3 is 2.47 bits per heavy atom. The van der Waals surface area contributed by atoms with Gasteiger partial charge in [-0.15, -0.1) is 0 Å². The van der Waals surface area contributed by atoms with Gasteiger partial charge in [0.1, 0.15) is 5.76 Å². The first kappa shape index (κ1) is 21.7. The summed E-state index contributed by atoms with van der Waals surface area (Å²) in [5.74, 6) is -1.38. The molecule has 1 atom stereocenters. The molecule has 1 unspecified atom stereocenters. The second kappa shape index (κ2) is 9.22. The van der Waals surface area contributed by atoms with Crippen LogP contribution in [0, 0.1) is 13.8 Å². The molecular formula is C24H29N3O3. The molecule has 1 N–H and O–H groups in total. The normalized spacial score (nSPS) is 18.4. The second-order valence-electron chi connectivity index (χ2n) is 7.60. The number of aryl methyl sites for hydroxylation is 2. The number of nitrogens with zero attached hydrogens (tertiary/aromatic N) is 3. The Morgan fingerprint density at radius 2 is 1.87 bits per heavy atom. The lowest BCUT2D eigenvalue weighted by Crippen LogP contribution is -2.38. The molecule has 1 aromatic heterocycles. The van der Waals surface area contributed by atoms with Crippen molar-refractivity contribution in [2.45, 2.75) is 33.7 Å². The predicted octanol–water partition coefficient (Wildman–Crippen LogP) is 3.46. The number of aliphatic hydroxyl groups excluding tert-OH is 1. The Labute approximate surface area is 177 Å². The van der Waals surface area contributed by atoms with Gasteiger partial charge in [0.25, 0.3) is 11.7 Å². The van der Waals surface area contributed by atoms with Gasteiger partial charge in [-0.25, -0.2) is 0 Å².